The molecule has 0 aliphatic rings. The summed E-state index contributed by atoms with van der Waals surface area (Å²) in [6.45, 7) is 7.71. The van der Waals surface area contributed by atoms with Gasteiger partial charge in [0.25, 0.3) is 0 Å². The molecule has 0 radical (unpaired) electrons. The van der Waals surface area contributed by atoms with Crippen molar-refractivity contribution in [3.8, 4) is 0 Å². The van der Waals surface area contributed by atoms with Gasteiger partial charge in [-0.1, -0.05) is 51.1 Å². The van der Waals surface area contributed by atoms with Crippen molar-refractivity contribution in [2.45, 2.75) is 46.5 Å². The standard InChI is InChI=1S/C16H24O3/c1-11(2)15(17)12(3)16(18)13(4)19-10-14-8-6-5-7-9-14/h5-9,11-13,16,18H,10H2,1-4H3/t12-,13-,16-/m0/s1. The van der Waals surface area contributed by atoms with Gasteiger partial charge in [-0.15, -0.1) is 0 Å². The largest absolute Gasteiger partial charge is 0.390 e. The molecular weight excluding hydrogens is 240 g/mol. The second kappa shape index (κ2) is 7.41. The lowest BCUT2D eigenvalue weighted by atomic mass is 9.90. The maximum Gasteiger partial charge on any atom is 0.140 e. The Labute approximate surface area is 115 Å². The van der Waals surface area contributed by atoms with Gasteiger partial charge in [0.2, 0.25) is 0 Å². The van der Waals surface area contributed by atoms with E-state index in [9.17, 15) is 9.90 Å². The molecule has 1 aromatic rings. The number of ether oxygens (including phenoxy) is 1. The number of ketones is 1. The fourth-order valence-corrected chi connectivity index (χ4v) is 2.00. The first-order chi connectivity index (χ1) is 8.93. The van der Waals surface area contributed by atoms with Crippen LogP contribution < -0.4 is 0 Å². The van der Waals surface area contributed by atoms with Crippen LogP contribution >= 0.6 is 0 Å². The van der Waals surface area contributed by atoms with Crippen molar-refractivity contribution in [3.05, 3.63) is 35.9 Å². The number of rotatable bonds is 7. The van der Waals surface area contributed by atoms with Gasteiger partial charge in [-0.2, -0.15) is 0 Å². The lowest BCUT2D eigenvalue weighted by Gasteiger charge is -2.25. The van der Waals surface area contributed by atoms with Gasteiger partial charge in [-0.3, -0.25) is 4.79 Å². The molecule has 0 bridgehead atoms. The van der Waals surface area contributed by atoms with Crippen LogP contribution in [0.3, 0.4) is 0 Å². The van der Waals surface area contributed by atoms with Crippen molar-refractivity contribution in [3.63, 3.8) is 0 Å². The second-order valence-electron chi connectivity index (χ2n) is 5.34. The Morgan fingerprint density at radius 2 is 1.74 bits per heavy atom. The lowest BCUT2D eigenvalue weighted by molar-refractivity contribution is -0.133. The number of carbonyl (C=O) groups excluding carboxylic acids is 1. The van der Waals surface area contributed by atoms with Gasteiger partial charge in [0, 0.05) is 11.8 Å². The van der Waals surface area contributed by atoms with Gasteiger partial charge in [0.05, 0.1) is 18.8 Å². The SMILES string of the molecule is CC(C)C(=O)[C@H](C)[C@H](O)[C@H](C)OCc1ccccc1. The summed E-state index contributed by atoms with van der Waals surface area (Å²) in [4.78, 5) is 11.8. The van der Waals surface area contributed by atoms with Crippen LogP contribution in [-0.4, -0.2) is 23.1 Å². The van der Waals surface area contributed by atoms with E-state index in [4.69, 9.17) is 4.74 Å². The number of carbonyl (C=O) groups is 1. The minimum atomic E-state index is -0.765. The summed E-state index contributed by atoms with van der Waals surface area (Å²) in [7, 11) is 0. The highest BCUT2D eigenvalue weighted by atomic mass is 16.5. The molecule has 1 rings (SSSR count). The van der Waals surface area contributed by atoms with Crippen LogP contribution in [0.5, 0.6) is 0 Å². The van der Waals surface area contributed by atoms with E-state index in [0.717, 1.165) is 5.56 Å². The topological polar surface area (TPSA) is 46.5 Å². The van der Waals surface area contributed by atoms with Crippen LogP contribution in [-0.2, 0) is 16.1 Å². The molecule has 3 nitrogen and oxygen atoms in total. The Hall–Kier alpha value is -1.19. The molecular formula is C16H24O3. The summed E-state index contributed by atoms with van der Waals surface area (Å²) in [6, 6.07) is 9.80. The molecule has 3 heteroatoms. The number of hydrogen-bond acceptors (Lipinski definition) is 3. The van der Waals surface area contributed by atoms with E-state index in [-0.39, 0.29) is 17.8 Å². The summed E-state index contributed by atoms with van der Waals surface area (Å²) in [5, 5.41) is 10.1. The molecule has 0 aliphatic carbocycles. The van der Waals surface area contributed by atoms with Crippen LogP contribution in [0.15, 0.2) is 30.3 Å². The number of Topliss-reactive ketones (excluding diaryl/α,β-unsaturated/α-hetero) is 1. The van der Waals surface area contributed by atoms with E-state index in [1.54, 1.807) is 13.8 Å². The van der Waals surface area contributed by atoms with E-state index < -0.39 is 12.0 Å². The van der Waals surface area contributed by atoms with Crippen LogP contribution in [0.2, 0.25) is 0 Å². The fraction of sp³-hybridized carbons (Fsp3) is 0.562. The molecule has 0 fully saturated rings. The summed E-state index contributed by atoms with van der Waals surface area (Å²) in [5.41, 5.74) is 1.06. The summed E-state index contributed by atoms with van der Waals surface area (Å²) < 4.78 is 5.64. The number of aliphatic hydroxyl groups is 1. The van der Waals surface area contributed by atoms with Crippen molar-refractivity contribution in [2.24, 2.45) is 11.8 Å². The third-order valence-electron chi connectivity index (χ3n) is 3.37. The average molecular weight is 264 g/mol. The first-order valence-electron chi connectivity index (χ1n) is 6.80. The van der Waals surface area contributed by atoms with Gasteiger partial charge < -0.3 is 9.84 Å². The van der Waals surface area contributed by atoms with Crippen molar-refractivity contribution >= 4 is 5.78 Å². The molecule has 3 atom stereocenters. The molecule has 19 heavy (non-hydrogen) atoms. The minimum Gasteiger partial charge on any atom is -0.390 e. The van der Waals surface area contributed by atoms with Crippen molar-refractivity contribution < 1.29 is 14.6 Å². The summed E-state index contributed by atoms with van der Waals surface area (Å²) >= 11 is 0. The third kappa shape index (κ3) is 4.77. The summed E-state index contributed by atoms with van der Waals surface area (Å²) in [6.07, 6.45) is -1.13. The molecule has 0 saturated heterocycles. The molecule has 0 spiro atoms. The molecule has 1 aromatic carbocycles. The van der Waals surface area contributed by atoms with Crippen LogP contribution in [0.1, 0.15) is 33.3 Å². The number of aliphatic hydroxyl groups excluding tert-OH is 1. The fourth-order valence-electron chi connectivity index (χ4n) is 2.00. The first-order valence-corrected chi connectivity index (χ1v) is 6.80. The van der Waals surface area contributed by atoms with Gasteiger partial charge in [-0.05, 0) is 12.5 Å². The predicted octanol–water partition coefficient (Wildman–Crippen LogP) is 2.81. The lowest BCUT2D eigenvalue weighted by Crippen LogP contribution is -2.37. The quantitative estimate of drug-likeness (QED) is 0.823. The predicted molar refractivity (Wildman–Crippen MR) is 75.7 cm³/mol. The van der Waals surface area contributed by atoms with Crippen molar-refractivity contribution in [2.75, 3.05) is 0 Å². The van der Waals surface area contributed by atoms with Gasteiger partial charge in [0.15, 0.2) is 0 Å². The van der Waals surface area contributed by atoms with E-state index in [1.165, 1.54) is 0 Å². The van der Waals surface area contributed by atoms with Crippen molar-refractivity contribution in [1.82, 2.24) is 0 Å². The highest BCUT2D eigenvalue weighted by Crippen LogP contribution is 2.16. The Kier molecular flexibility index (Phi) is 6.19. The monoisotopic (exact) mass is 264 g/mol. The van der Waals surface area contributed by atoms with E-state index in [1.807, 2.05) is 44.2 Å². The Bertz CT molecular complexity index is 386. The zero-order chi connectivity index (χ0) is 14.4. The van der Waals surface area contributed by atoms with Gasteiger partial charge >= 0.3 is 0 Å². The van der Waals surface area contributed by atoms with Gasteiger partial charge in [-0.25, -0.2) is 0 Å². The highest BCUT2D eigenvalue weighted by molar-refractivity contribution is 5.83. The molecule has 0 aromatic heterocycles. The average Bonchev–Trinajstić information content (AvgIpc) is 2.43. The molecule has 106 valence electrons. The van der Waals surface area contributed by atoms with E-state index >= 15 is 0 Å². The van der Waals surface area contributed by atoms with Crippen molar-refractivity contribution in [1.29, 1.82) is 0 Å². The molecule has 0 heterocycles. The minimum absolute atomic E-state index is 0.0639. The van der Waals surface area contributed by atoms with E-state index in [0.29, 0.717) is 6.61 Å². The Morgan fingerprint density at radius 3 is 2.26 bits per heavy atom. The normalized spacial score (nSPS) is 16.1. The van der Waals surface area contributed by atoms with Crippen LogP contribution in [0.4, 0.5) is 0 Å². The number of hydrogen-bond donors (Lipinski definition) is 1. The first kappa shape index (κ1) is 15.9. The Balaban J connectivity index is 2.48. The maximum absolute atomic E-state index is 11.8. The zero-order valence-corrected chi connectivity index (χ0v) is 12.2. The third-order valence-corrected chi connectivity index (χ3v) is 3.37. The molecule has 0 saturated carbocycles. The maximum atomic E-state index is 11.8. The zero-order valence-electron chi connectivity index (χ0n) is 12.2. The van der Waals surface area contributed by atoms with Crippen LogP contribution in [0.25, 0.3) is 0 Å². The highest BCUT2D eigenvalue weighted by Gasteiger charge is 2.28. The molecule has 0 aliphatic heterocycles. The second-order valence-corrected chi connectivity index (χ2v) is 5.34. The Morgan fingerprint density at radius 1 is 1.16 bits per heavy atom. The molecule has 1 N–H and O–H groups in total. The smallest absolute Gasteiger partial charge is 0.140 e. The van der Waals surface area contributed by atoms with Crippen LogP contribution in [0, 0.1) is 11.8 Å². The number of benzene rings is 1. The van der Waals surface area contributed by atoms with Gasteiger partial charge in [0.1, 0.15) is 5.78 Å². The summed E-state index contributed by atoms with van der Waals surface area (Å²) in [5.74, 6) is -0.389. The molecule has 0 unspecified atom stereocenters. The van der Waals surface area contributed by atoms with E-state index in [2.05, 4.69) is 0 Å². The molecule has 0 amide bonds.